The van der Waals surface area contributed by atoms with Crippen LogP contribution in [0.2, 0.25) is 0 Å². The van der Waals surface area contributed by atoms with Crippen LogP contribution >= 0.6 is 0 Å². The molecular weight excluding hydrogens is 312 g/mol. The maximum atomic E-state index is 11.8. The Hall–Kier alpha value is -2.39. The Morgan fingerprint density at radius 1 is 1.04 bits per heavy atom. The molecule has 0 radical (unpaired) electrons. The molecule has 0 aliphatic carbocycles. The summed E-state index contributed by atoms with van der Waals surface area (Å²) in [6.07, 6.45) is 3.77. The van der Waals surface area contributed by atoms with Crippen molar-refractivity contribution in [1.82, 2.24) is 0 Å². The average molecular weight is 338 g/mol. The number of aliphatic hydroxyl groups is 1. The van der Waals surface area contributed by atoms with Gasteiger partial charge in [-0.3, -0.25) is 4.79 Å². The van der Waals surface area contributed by atoms with Gasteiger partial charge in [0, 0.05) is 12.3 Å². The summed E-state index contributed by atoms with van der Waals surface area (Å²) in [6.45, 7) is 3.74. The molecule has 0 saturated carbocycles. The second-order valence-electron chi connectivity index (χ2n) is 5.99. The number of esters is 1. The molecule has 3 heteroatoms. The first-order chi connectivity index (χ1) is 12.2. The summed E-state index contributed by atoms with van der Waals surface area (Å²) in [5, 5.41) is 10.9. The summed E-state index contributed by atoms with van der Waals surface area (Å²) in [5.74, 6) is -0.562. The highest BCUT2D eigenvalue weighted by atomic mass is 16.5. The zero-order chi connectivity index (χ0) is 18.1. The van der Waals surface area contributed by atoms with E-state index in [1.807, 2.05) is 79.7 Å². The number of carbonyl (C=O) groups is 1. The van der Waals surface area contributed by atoms with E-state index in [-0.39, 0.29) is 18.0 Å². The maximum Gasteiger partial charge on any atom is 0.305 e. The molecule has 0 amide bonds. The smallest absolute Gasteiger partial charge is 0.305 e. The molecule has 3 nitrogen and oxygen atoms in total. The fourth-order valence-electron chi connectivity index (χ4n) is 2.78. The SMILES string of the molecule is CCC(=O)O[C@H](CC)[C@H](/C=C/c1ccccc1)[C@H](O)c1ccccc1. The lowest BCUT2D eigenvalue weighted by Gasteiger charge is -2.28. The molecule has 3 atom stereocenters. The lowest BCUT2D eigenvalue weighted by atomic mass is 9.88. The van der Waals surface area contributed by atoms with Crippen molar-refractivity contribution in [1.29, 1.82) is 0 Å². The van der Waals surface area contributed by atoms with Crippen LogP contribution in [0.15, 0.2) is 66.7 Å². The van der Waals surface area contributed by atoms with Gasteiger partial charge in [-0.05, 0) is 17.5 Å². The van der Waals surface area contributed by atoms with Crippen molar-refractivity contribution in [3.63, 3.8) is 0 Å². The Bertz CT molecular complexity index is 664. The Morgan fingerprint density at radius 3 is 2.20 bits per heavy atom. The Morgan fingerprint density at radius 2 is 1.64 bits per heavy atom. The number of carbonyl (C=O) groups excluding carboxylic acids is 1. The highest BCUT2D eigenvalue weighted by Crippen LogP contribution is 2.30. The third-order valence-electron chi connectivity index (χ3n) is 4.22. The van der Waals surface area contributed by atoms with Crippen LogP contribution in [0, 0.1) is 5.92 Å². The summed E-state index contributed by atoms with van der Waals surface area (Å²) < 4.78 is 5.59. The number of rotatable bonds is 8. The maximum absolute atomic E-state index is 11.8. The van der Waals surface area contributed by atoms with E-state index in [1.165, 1.54) is 0 Å². The Balaban J connectivity index is 2.29. The molecule has 0 saturated heterocycles. The van der Waals surface area contributed by atoms with Gasteiger partial charge >= 0.3 is 5.97 Å². The molecule has 0 spiro atoms. The largest absolute Gasteiger partial charge is 0.462 e. The second kappa shape index (κ2) is 9.80. The molecule has 0 bridgehead atoms. The van der Waals surface area contributed by atoms with E-state index < -0.39 is 6.10 Å². The summed E-state index contributed by atoms with van der Waals surface area (Å²) in [6, 6.07) is 19.4. The molecule has 0 unspecified atom stereocenters. The molecule has 0 aliphatic rings. The number of hydrogen-bond acceptors (Lipinski definition) is 3. The molecule has 0 aliphatic heterocycles. The minimum atomic E-state index is -0.740. The van der Waals surface area contributed by atoms with Crippen molar-refractivity contribution in [2.24, 2.45) is 5.92 Å². The zero-order valence-electron chi connectivity index (χ0n) is 14.8. The van der Waals surface area contributed by atoms with Crippen molar-refractivity contribution in [2.75, 3.05) is 0 Å². The van der Waals surface area contributed by atoms with E-state index >= 15 is 0 Å². The summed E-state index contributed by atoms with van der Waals surface area (Å²) in [7, 11) is 0. The van der Waals surface area contributed by atoms with Gasteiger partial charge in [-0.15, -0.1) is 0 Å². The van der Waals surface area contributed by atoms with Crippen molar-refractivity contribution in [2.45, 2.75) is 38.9 Å². The van der Waals surface area contributed by atoms with Crippen LogP contribution < -0.4 is 0 Å². The number of benzene rings is 2. The topological polar surface area (TPSA) is 46.5 Å². The standard InChI is InChI=1S/C22H26O3/c1-3-20(25-21(23)4-2)19(16-15-17-11-7-5-8-12-17)22(24)18-13-9-6-10-14-18/h5-16,19-20,22,24H,3-4H2,1-2H3/b16-15+/t19-,20+,22+/m0/s1. The predicted molar refractivity (Wildman–Crippen MR) is 101 cm³/mol. The van der Waals surface area contributed by atoms with Crippen LogP contribution in [-0.2, 0) is 9.53 Å². The van der Waals surface area contributed by atoms with Crippen LogP contribution in [0.5, 0.6) is 0 Å². The van der Waals surface area contributed by atoms with Crippen molar-refractivity contribution in [3.05, 3.63) is 77.9 Å². The third kappa shape index (κ3) is 5.57. The number of ether oxygens (including phenoxy) is 1. The molecule has 0 aromatic heterocycles. The monoisotopic (exact) mass is 338 g/mol. The molecule has 1 N–H and O–H groups in total. The van der Waals surface area contributed by atoms with Crippen LogP contribution in [0.4, 0.5) is 0 Å². The van der Waals surface area contributed by atoms with Gasteiger partial charge in [-0.2, -0.15) is 0 Å². The van der Waals surface area contributed by atoms with Crippen LogP contribution in [0.25, 0.3) is 6.08 Å². The van der Waals surface area contributed by atoms with Gasteiger partial charge in [0.05, 0.1) is 6.10 Å². The fraction of sp³-hybridized carbons (Fsp3) is 0.318. The van der Waals surface area contributed by atoms with E-state index in [0.717, 1.165) is 11.1 Å². The number of hydrogen-bond donors (Lipinski definition) is 1. The first-order valence-electron chi connectivity index (χ1n) is 8.81. The predicted octanol–water partition coefficient (Wildman–Crippen LogP) is 4.78. The van der Waals surface area contributed by atoms with Gasteiger partial charge in [0.15, 0.2) is 0 Å². The average Bonchev–Trinajstić information content (AvgIpc) is 2.68. The Labute approximate surface area is 150 Å². The summed E-state index contributed by atoms with van der Waals surface area (Å²) in [5.41, 5.74) is 1.86. The molecule has 2 rings (SSSR count). The van der Waals surface area contributed by atoms with Crippen molar-refractivity contribution in [3.8, 4) is 0 Å². The van der Waals surface area contributed by atoms with Gasteiger partial charge in [0.1, 0.15) is 6.10 Å². The highest BCUT2D eigenvalue weighted by molar-refractivity contribution is 5.69. The van der Waals surface area contributed by atoms with Crippen LogP contribution in [-0.4, -0.2) is 17.2 Å². The summed E-state index contributed by atoms with van der Waals surface area (Å²) >= 11 is 0. The van der Waals surface area contributed by atoms with E-state index in [0.29, 0.717) is 12.8 Å². The van der Waals surface area contributed by atoms with Crippen molar-refractivity contribution >= 4 is 12.0 Å². The Kier molecular flexibility index (Phi) is 7.42. The first-order valence-corrected chi connectivity index (χ1v) is 8.81. The quantitative estimate of drug-likeness (QED) is 0.705. The molecule has 0 heterocycles. The minimum Gasteiger partial charge on any atom is -0.462 e. The second-order valence-corrected chi connectivity index (χ2v) is 5.99. The lowest BCUT2D eigenvalue weighted by molar-refractivity contribution is -0.152. The fourth-order valence-corrected chi connectivity index (χ4v) is 2.78. The van der Waals surface area contributed by atoms with Gasteiger partial charge in [0.25, 0.3) is 0 Å². The minimum absolute atomic E-state index is 0.245. The lowest BCUT2D eigenvalue weighted by Crippen LogP contribution is -2.29. The molecule has 25 heavy (non-hydrogen) atoms. The molecule has 2 aromatic rings. The number of aliphatic hydroxyl groups excluding tert-OH is 1. The van der Waals surface area contributed by atoms with Gasteiger partial charge in [-0.25, -0.2) is 0 Å². The summed E-state index contributed by atoms with van der Waals surface area (Å²) in [4.78, 5) is 11.8. The van der Waals surface area contributed by atoms with Gasteiger partial charge < -0.3 is 9.84 Å². The van der Waals surface area contributed by atoms with Gasteiger partial charge in [0.2, 0.25) is 0 Å². The van der Waals surface area contributed by atoms with E-state index in [9.17, 15) is 9.90 Å². The van der Waals surface area contributed by atoms with E-state index in [1.54, 1.807) is 6.92 Å². The highest BCUT2D eigenvalue weighted by Gasteiger charge is 2.28. The van der Waals surface area contributed by atoms with E-state index in [4.69, 9.17) is 4.74 Å². The normalized spacial score (nSPS) is 14.8. The van der Waals surface area contributed by atoms with Crippen LogP contribution in [0.1, 0.15) is 43.9 Å². The van der Waals surface area contributed by atoms with Crippen molar-refractivity contribution < 1.29 is 14.6 Å². The molecule has 2 aromatic carbocycles. The molecule has 0 fully saturated rings. The van der Waals surface area contributed by atoms with E-state index in [2.05, 4.69) is 0 Å². The molecular formula is C22H26O3. The zero-order valence-corrected chi connectivity index (χ0v) is 14.8. The first kappa shape index (κ1) is 18.9. The van der Waals surface area contributed by atoms with Crippen LogP contribution in [0.3, 0.4) is 0 Å². The van der Waals surface area contributed by atoms with Gasteiger partial charge in [-0.1, -0.05) is 86.7 Å². The third-order valence-corrected chi connectivity index (χ3v) is 4.22. The molecule has 132 valence electrons.